The molecule has 1 fully saturated rings. The smallest absolute Gasteiger partial charge is 0.0301 e. The zero-order valence-corrected chi connectivity index (χ0v) is 7.47. The number of nitrogens with zero attached hydrogens (tertiary/aromatic N) is 1. The van der Waals surface area contributed by atoms with Gasteiger partial charge >= 0.3 is 0 Å². The molecule has 1 rings (SSSR count). The van der Waals surface area contributed by atoms with Gasteiger partial charge < -0.3 is 0 Å². The van der Waals surface area contributed by atoms with Crippen molar-refractivity contribution in [2.45, 2.75) is 39.0 Å². The molecule has 0 heterocycles. The Labute approximate surface area is 69.7 Å². The SMILES string of the molecule is CCC[N]NCC1CCCC1. The molecule has 1 aliphatic carbocycles. The maximum atomic E-state index is 4.20. The molecule has 0 atom stereocenters. The van der Waals surface area contributed by atoms with Crippen molar-refractivity contribution >= 4 is 0 Å². The predicted molar refractivity (Wildman–Crippen MR) is 47.3 cm³/mol. The summed E-state index contributed by atoms with van der Waals surface area (Å²) in [6.45, 7) is 4.23. The molecule has 0 aromatic carbocycles. The van der Waals surface area contributed by atoms with Crippen molar-refractivity contribution in [1.29, 1.82) is 0 Å². The maximum Gasteiger partial charge on any atom is 0.0301 e. The van der Waals surface area contributed by atoms with Crippen LogP contribution < -0.4 is 10.9 Å². The van der Waals surface area contributed by atoms with Gasteiger partial charge in [0.1, 0.15) is 0 Å². The van der Waals surface area contributed by atoms with Gasteiger partial charge in [-0.25, -0.2) is 5.43 Å². The van der Waals surface area contributed by atoms with Crippen LogP contribution in [0.5, 0.6) is 0 Å². The second-order valence-electron chi connectivity index (χ2n) is 3.39. The van der Waals surface area contributed by atoms with Gasteiger partial charge in [0.25, 0.3) is 0 Å². The topological polar surface area (TPSA) is 26.1 Å². The molecule has 2 nitrogen and oxygen atoms in total. The van der Waals surface area contributed by atoms with Crippen LogP contribution in [0.1, 0.15) is 39.0 Å². The first-order valence-corrected chi connectivity index (χ1v) is 4.83. The summed E-state index contributed by atoms with van der Waals surface area (Å²) in [5.74, 6) is 0.913. The second kappa shape index (κ2) is 5.56. The van der Waals surface area contributed by atoms with Crippen LogP contribution >= 0.6 is 0 Å². The van der Waals surface area contributed by atoms with Crippen molar-refractivity contribution in [2.75, 3.05) is 13.1 Å². The summed E-state index contributed by atoms with van der Waals surface area (Å²) in [6.07, 6.45) is 6.83. The van der Waals surface area contributed by atoms with Gasteiger partial charge in [-0.3, -0.25) is 0 Å². The highest BCUT2D eigenvalue weighted by atomic mass is 15.3. The van der Waals surface area contributed by atoms with E-state index in [2.05, 4.69) is 17.8 Å². The number of hydrogen-bond donors (Lipinski definition) is 1. The van der Waals surface area contributed by atoms with E-state index in [0.29, 0.717) is 0 Å². The molecule has 0 aromatic rings. The van der Waals surface area contributed by atoms with Crippen LogP contribution in [0.15, 0.2) is 0 Å². The van der Waals surface area contributed by atoms with E-state index in [1.54, 1.807) is 0 Å². The number of rotatable bonds is 5. The Morgan fingerprint density at radius 1 is 1.36 bits per heavy atom. The lowest BCUT2D eigenvalue weighted by Gasteiger charge is -2.08. The summed E-state index contributed by atoms with van der Waals surface area (Å²) >= 11 is 0. The van der Waals surface area contributed by atoms with Gasteiger partial charge in [-0.15, -0.1) is 0 Å². The minimum atomic E-state index is 0.913. The van der Waals surface area contributed by atoms with Crippen molar-refractivity contribution in [3.63, 3.8) is 0 Å². The summed E-state index contributed by atoms with van der Waals surface area (Å²) < 4.78 is 0. The highest BCUT2D eigenvalue weighted by Crippen LogP contribution is 2.23. The first-order chi connectivity index (χ1) is 5.43. The van der Waals surface area contributed by atoms with Crippen LogP contribution in [0.3, 0.4) is 0 Å². The van der Waals surface area contributed by atoms with E-state index in [0.717, 1.165) is 25.4 Å². The first kappa shape index (κ1) is 9.01. The highest BCUT2D eigenvalue weighted by Gasteiger charge is 2.13. The first-order valence-electron chi connectivity index (χ1n) is 4.83. The van der Waals surface area contributed by atoms with Gasteiger partial charge in [0.05, 0.1) is 0 Å². The Morgan fingerprint density at radius 3 is 2.73 bits per heavy atom. The molecule has 0 amide bonds. The third-order valence-electron chi connectivity index (χ3n) is 2.30. The maximum absolute atomic E-state index is 4.20. The molecule has 0 unspecified atom stereocenters. The number of hydrogen-bond acceptors (Lipinski definition) is 1. The Bertz CT molecular complexity index is 87.6. The summed E-state index contributed by atoms with van der Waals surface area (Å²) in [5.41, 5.74) is 7.36. The average molecular weight is 155 g/mol. The third-order valence-corrected chi connectivity index (χ3v) is 2.30. The van der Waals surface area contributed by atoms with Crippen LogP contribution in [0.25, 0.3) is 0 Å². The lowest BCUT2D eigenvalue weighted by molar-refractivity contribution is 0.427. The fourth-order valence-electron chi connectivity index (χ4n) is 1.60. The molecule has 2 heteroatoms. The summed E-state index contributed by atoms with van der Waals surface area (Å²) in [6, 6.07) is 0. The molecular formula is C9H19N2. The predicted octanol–water partition coefficient (Wildman–Crippen LogP) is 1.70. The normalized spacial score (nSPS) is 19.4. The van der Waals surface area contributed by atoms with E-state index >= 15 is 0 Å². The number of nitrogens with one attached hydrogen (secondary N) is 1. The molecule has 0 spiro atoms. The second-order valence-corrected chi connectivity index (χ2v) is 3.39. The molecule has 0 aliphatic heterocycles. The molecular weight excluding hydrogens is 136 g/mol. The molecule has 1 saturated carbocycles. The standard InChI is InChI=1S/C9H19N2/c1-2-7-10-11-8-9-5-3-4-6-9/h9,11H,2-8H2,1H3. The minimum absolute atomic E-state index is 0.913. The van der Waals surface area contributed by atoms with Crippen molar-refractivity contribution in [3.05, 3.63) is 0 Å². The van der Waals surface area contributed by atoms with Crippen molar-refractivity contribution in [3.8, 4) is 0 Å². The van der Waals surface area contributed by atoms with E-state index in [1.807, 2.05) is 0 Å². The van der Waals surface area contributed by atoms with E-state index in [-0.39, 0.29) is 0 Å². The molecule has 65 valence electrons. The summed E-state index contributed by atoms with van der Waals surface area (Å²) in [7, 11) is 0. The van der Waals surface area contributed by atoms with Crippen LogP contribution in [0.2, 0.25) is 0 Å². The van der Waals surface area contributed by atoms with E-state index < -0.39 is 0 Å². The zero-order valence-electron chi connectivity index (χ0n) is 7.47. The van der Waals surface area contributed by atoms with E-state index in [9.17, 15) is 0 Å². The van der Waals surface area contributed by atoms with Crippen molar-refractivity contribution in [2.24, 2.45) is 5.92 Å². The fraction of sp³-hybridized carbons (Fsp3) is 1.00. The summed E-state index contributed by atoms with van der Waals surface area (Å²) in [5, 5.41) is 0. The Hall–Kier alpha value is -0.0800. The summed E-state index contributed by atoms with van der Waals surface area (Å²) in [4.78, 5) is 0. The van der Waals surface area contributed by atoms with Gasteiger partial charge in [0.15, 0.2) is 0 Å². The average Bonchev–Trinajstić information content (AvgIpc) is 2.50. The molecule has 1 N–H and O–H groups in total. The molecule has 1 aliphatic rings. The fourth-order valence-corrected chi connectivity index (χ4v) is 1.60. The van der Waals surface area contributed by atoms with Crippen molar-refractivity contribution < 1.29 is 0 Å². The quantitative estimate of drug-likeness (QED) is 0.474. The Kier molecular flexibility index (Phi) is 4.55. The lowest BCUT2D eigenvalue weighted by Crippen LogP contribution is -2.29. The van der Waals surface area contributed by atoms with Crippen LogP contribution in [-0.2, 0) is 0 Å². The van der Waals surface area contributed by atoms with Gasteiger partial charge in [-0.1, -0.05) is 19.8 Å². The molecule has 0 bridgehead atoms. The van der Waals surface area contributed by atoms with E-state index in [4.69, 9.17) is 0 Å². The van der Waals surface area contributed by atoms with Crippen LogP contribution in [0, 0.1) is 5.92 Å². The van der Waals surface area contributed by atoms with Gasteiger partial charge in [-0.2, -0.15) is 5.43 Å². The van der Waals surface area contributed by atoms with Crippen LogP contribution in [-0.4, -0.2) is 13.1 Å². The lowest BCUT2D eigenvalue weighted by atomic mass is 10.1. The Morgan fingerprint density at radius 2 is 2.09 bits per heavy atom. The van der Waals surface area contributed by atoms with Gasteiger partial charge in [0.2, 0.25) is 0 Å². The largest absolute Gasteiger partial charge is 0.240 e. The molecule has 0 aromatic heterocycles. The Balaban J connectivity index is 1.86. The van der Waals surface area contributed by atoms with Gasteiger partial charge in [-0.05, 0) is 25.2 Å². The highest BCUT2D eigenvalue weighted by molar-refractivity contribution is 4.68. The molecule has 0 saturated heterocycles. The zero-order chi connectivity index (χ0) is 7.94. The monoisotopic (exact) mass is 155 g/mol. The van der Waals surface area contributed by atoms with Gasteiger partial charge in [0, 0.05) is 13.1 Å². The van der Waals surface area contributed by atoms with Crippen LogP contribution in [0.4, 0.5) is 0 Å². The molecule has 11 heavy (non-hydrogen) atoms. The van der Waals surface area contributed by atoms with E-state index in [1.165, 1.54) is 25.7 Å². The third kappa shape index (κ3) is 3.73. The van der Waals surface area contributed by atoms with Crippen molar-refractivity contribution in [1.82, 2.24) is 10.9 Å². The molecule has 1 radical (unpaired) electrons. The minimum Gasteiger partial charge on any atom is -0.240 e.